The molecular formula is C18H34O. The minimum Gasteiger partial charge on any atom is -0.392 e. The Morgan fingerprint density at radius 3 is 2.11 bits per heavy atom. The molecule has 0 saturated heterocycles. The van der Waals surface area contributed by atoms with E-state index in [-0.39, 0.29) is 11.5 Å². The molecule has 0 spiro atoms. The lowest BCUT2D eigenvalue weighted by molar-refractivity contribution is -0.0433. The van der Waals surface area contributed by atoms with Crippen molar-refractivity contribution in [3.63, 3.8) is 0 Å². The Bertz CT molecular complexity index is 257. The molecule has 2 saturated carbocycles. The van der Waals surface area contributed by atoms with Crippen LogP contribution in [0.25, 0.3) is 0 Å². The molecule has 0 aliphatic heterocycles. The lowest BCUT2D eigenvalue weighted by Gasteiger charge is -2.42. The number of rotatable bonds is 5. The summed E-state index contributed by atoms with van der Waals surface area (Å²) in [4.78, 5) is 0. The zero-order valence-electron chi connectivity index (χ0n) is 13.3. The van der Waals surface area contributed by atoms with E-state index in [9.17, 15) is 5.11 Å². The summed E-state index contributed by atoms with van der Waals surface area (Å²) in [5, 5.41) is 11.0. The molecule has 0 heterocycles. The van der Waals surface area contributed by atoms with E-state index >= 15 is 0 Å². The van der Waals surface area contributed by atoms with Gasteiger partial charge >= 0.3 is 0 Å². The van der Waals surface area contributed by atoms with Crippen LogP contribution in [0.2, 0.25) is 0 Å². The molecule has 2 aliphatic carbocycles. The standard InChI is InChI=1S/C18H34O/c1-4-15-7-9-16(10-8-15)17(19)18(13-14(2)3)11-5-6-12-18/h14-17,19H,4-13H2,1-3H3. The van der Waals surface area contributed by atoms with E-state index < -0.39 is 0 Å². The predicted octanol–water partition coefficient (Wildman–Crippen LogP) is 5.17. The van der Waals surface area contributed by atoms with Crippen LogP contribution in [-0.2, 0) is 0 Å². The average Bonchev–Trinajstić information content (AvgIpc) is 2.87. The van der Waals surface area contributed by atoms with Gasteiger partial charge in [-0.2, -0.15) is 0 Å². The van der Waals surface area contributed by atoms with Crippen molar-refractivity contribution in [3.05, 3.63) is 0 Å². The molecule has 2 fully saturated rings. The average molecular weight is 266 g/mol. The number of hydrogen-bond donors (Lipinski definition) is 1. The van der Waals surface area contributed by atoms with Crippen LogP contribution in [0.5, 0.6) is 0 Å². The Morgan fingerprint density at radius 1 is 1.05 bits per heavy atom. The van der Waals surface area contributed by atoms with Gasteiger partial charge in [0.2, 0.25) is 0 Å². The predicted molar refractivity (Wildman–Crippen MR) is 82.1 cm³/mol. The first kappa shape index (κ1) is 15.4. The second kappa shape index (κ2) is 6.61. The van der Waals surface area contributed by atoms with Crippen molar-refractivity contribution in [2.75, 3.05) is 0 Å². The van der Waals surface area contributed by atoms with Crippen molar-refractivity contribution in [2.24, 2.45) is 23.2 Å². The van der Waals surface area contributed by atoms with Gasteiger partial charge in [-0.3, -0.25) is 0 Å². The van der Waals surface area contributed by atoms with Crippen LogP contribution in [0.15, 0.2) is 0 Å². The van der Waals surface area contributed by atoms with Gasteiger partial charge in [-0.25, -0.2) is 0 Å². The normalized spacial score (nSPS) is 32.7. The maximum Gasteiger partial charge on any atom is 0.0624 e. The first-order valence-electron chi connectivity index (χ1n) is 8.75. The van der Waals surface area contributed by atoms with Crippen molar-refractivity contribution in [1.82, 2.24) is 0 Å². The first-order valence-corrected chi connectivity index (χ1v) is 8.75. The van der Waals surface area contributed by atoms with Gasteiger partial charge in [-0.1, -0.05) is 52.9 Å². The minimum absolute atomic E-state index is 0.0183. The quantitative estimate of drug-likeness (QED) is 0.728. The summed E-state index contributed by atoms with van der Waals surface area (Å²) in [5.41, 5.74) is 0.276. The molecule has 0 radical (unpaired) electrons. The van der Waals surface area contributed by atoms with Crippen molar-refractivity contribution in [2.45, 2.75) is 91.1 Å². The molecule has 2 aliphatic rings. The molecule has 1 nitrogen and oxygen atoms in total. The molecular weight excluding hydrogens is 232 g/mol. The third-order valence-electron chi connectivity index (χ3n) is 5.96. The molecule has 0 aromatic heterocycles. The molecule has 1 unspecified atom stereocenters. The molecule has 0 aromatic rings. The Hall–Kier alpha value is -0.0400. The highest BCUT2D eigenvalue weighted by Crippen LogP contribution is 2.50. The molecule has 2 rings (SSSR count). The van der Waals surface area contributed by atoms with Crippen molar-refractivity contribution in [1.29, 1.82) is 0 Å². The van der Waals surface area contributed by atoms with Crippen LogP contribution >= 0.6 is 0 Å². The van der Waals surface area contributed by atoms with Crippen LogP contribution in [-0.4, -0.2) is 11.2 Å². The molecule has 19 heavy (non-hydrogen) atoms. The van der Waals surface area contributed by atoms with Gasteiger partial charge in [0.15, 0.2) is 0 Å². The molecule has 0 bridgehead atoms. The maximum atomic E-state index is 11.0. The van der Waals surface area contributed by atoms with Crippen LogP contribution in [0.4, 0.5) is 0 Å². The number of aliphatic hydroxyl groups is 1. The van der Waals surface area contributed by atoms with Gasteiger partial charge < -0.3 is 5.11 Å². The summed E-state index contributed by atoms with van der Waals surface area (Å²) in [7, 11) is 0. The highest BCUT2D eigenvalue weighted by atomic mass is 16.3. The third kappa shape index (κ3) is 3.54. The Labute approximate surface area is 120 Å². The monoisotopic (exact) mass is 266 g/mol. The minimum atomic E-state index is -0.0183. The van der Waals surface area contributed by atoms with Crippen LogP contribution in [0.1, 0.15) is 85.0 Å². The zero-order valence-corrected chi connectivity index (χ0v) is 13.3. The first-order chi connectivity index (χ1) is 9.07. The van der Waals surface area contributed by atoms with E-state index in [0.717, 1.165) is 11.8 Å². The molecule has 1 heteroatoms. The van der Waals surface area contributed by atoms with Gasteiger partial charge in [0.1, 0.15) is 0 Å². The number of hydrogen-bond acceptors (Lipinski definition) is 1. The van der Waals surface area contributed by atoms with Crippen LogP contribution < -0.4 is 0 Å². The lowest BCUT2D eigenvalue weighted by Crippen LogP contribution is -2.41. The Morgan fingerprint density at radius 2 is 1.63 bits per heavy atom. The highest BCUT2D eigenvalue weighted by Gasteiger charge is 2.44. The van der Waals surface area contributed by atoms with Crippen molar-refractivity contribution < 1.29 is 5.11 Å². The fourth-order valence-electron chi connectivity index (χ4n) is 4.93. The van der Waals surface area contributed by atoms with Gasteiger partial charge in [0, 0.05) is 0 Å². The summed E-state index contributed by atoms with van der Waals surface area (Å²) >= 11 is 0. The summed E-state index contributed by atoms with van der Waals surface area (Å²) in [5.74, 6) is 2.26. The van der Waals surface area contributed by atoms with Gasteiger partial charge in [0.25, 0.3) is 0 Å². The lowest BCUT2D eigenvalue weighted by atomic mass is 9.66. The largest absolute Gasteiger partial charge is 0.392 e. The third-order valence-corrected chi connectivity index (χ3v) is 5.96. The van der Waals surface area contributed by atoms with Gasteiger partial charge in [-0.05, 0) is 55.3 Å². The van der Waals surface area contributed by atoms with E-state index in [1.807, 2.05) is 0 Å². The van der Waals surface area contributed by atoms with Crippen LogP contribution in [0, 0.1) is 23.2 Å². The summed E-state index contributed by atoms with van der Waals surface area (Å²) in [6.07, 6.45) is 13.1. The second-order valence-electron chi connectivity index (χ2n) is 7.80. The zero-order chi connectivity index (χ0) is 13.9. The molecule has 0 aromatic carbocycles. The van der Waals surface area contributed by atoms with Gasteiger partial charge in [-0.15, -0.1) is 0 Å². The van der Waals surface area contributed by atoms with E-state index in [1.165, 1.54) is 64.2 Å². The molecule has 112 valence electrons. The molecule has 1 atom stereocenters. The van der Waals surface area contributed by atoms with E-state index in [2.05, 4.69) is 20.8 Å². The second-order valence-corrected chi connectivity index (χ2v) is 7.80. The highest BCUT2D eigenvalue weighted by molar-refractivity contribution is 4.95. The summed E-state index contributed by atoms with van der Waals surface area (Å²) < 4.78 is 0. The SMILES string of the molecule is CCC1CCC(C(O)C2(CC(C)C)CCCC2)CC1. The fourth-order valence-corrected chi connectivity index (χ4v) is 4.93. The van der Waals surface area contributed by atoms with Crippen molar-refractivity contribution >= 4 is 0 Å². The van der Waals surface area contributed by atoms with E-state index in [4.69, 9.17) is 0 Å². The summed E-state index contributed by atoms with van der Waals surface area (Å²) in [6, 6.07) is 0. The Balaban J connectivity index is 1.98. The smallest absolute Gasteiger partial charge is 0.0624 e. The molecule has 1 N–H and O–H groups in total. The maximum absolute atomic E-state index is 11.0. The van der Waals surface area contributed by atoms with Crippen molar-refractivity contribution in [3.8, 4) is 0 Å². The number of aliphatic hydroxyl groups excluding tert-OH is 1. The topological polar surface area (TPSA) is 20.2 Å². The van der Waals surface area contributed by atoms with E-state index in [0.29, 0.717) is 5.92 Å². The Kier molecular flexibility index (Phi) is 5.34. The summed E-state index contributed by atoms with van der Waals surface area (Å²) in [6.45, 7) is 6.96. The van der Waals surface area contributed by atoms with Gasteiger partial charge in [0.05, 0.1) is 6.10 Å². The van der Waals surface area contributed by atoms with Crippen LogP contribution in [0.3, 0.4) is 0 Å². The fraction of sp³-hybridized carbons (Fsp3) is 1.00. The van der Waals surface area contributed by atoms with E-state index in [1.54, 1.807) is 0 Å². The molecule has 0 amide bonds.